The van der Waals surface area contributed by atoms with Crippen molar-refractivity contribution in [2.75, 3.05) is 11.4 Å². The van der Waals surface area contributed by atoms with E-state index in [1.54, 1.807) is 0 Å². The molecule has 1 aromatic carbocycles. The second-order valence-corrected chi connectivity index (χ2v) is 4.44. The maximum Gasteiger partial charge on any atom is 0.210 e. The van der Waals surface area contributed by atoms with Crippen LogP contribution in [0.4, 0.5) is 11.4 Å². The molecule has 2 nitrogen and oxygen atoms in total. The predicted octanol–water partition coefficient (Wildman–Crippen LogP) is 3.32. The summed E-state index contributed by atoms with van der Waals surface area (Å²) in [6.45, 7) is 14.7. The van der Waals surface area contributed by atoms with Crippen molar-refractivity contribution in [2.45, 2.75) is 33.2 Å². The molecule has 0 N–H and O–H groups in total. The number of anilines is 1. The molecular weight excluding hydrogens is 184 g/mol. The highest BCUT2D eigenvalue weighted by molar-refractivity contribution is 5.78. The van der Waals surface area contributed by atoms with Crippen LogP contribution in [0, 0.1) is 13.5 Å². The van der Waals surface area contributed by atoms with Gasteiger partial charge in [-0.3, -0.25) is 0 Å². The highest BCUT2D eigenvalue weighted by Gasteiger charge is 2.24. The van der Waals surface area contributed by atoms with Gasteiger partial charge in [-0.2, -0.15) is 0 Å². The molecule has 0 saturated carbocycles. The monoisotopic (exact) mass is 200 g/mol. The first-order chi connectivity index (χ1) is 7.13. The summed E-state index contributed by atoms with van der Waals surface area (Å²) in [6, 6.07) is 4.69. The second-order valence-electron chi connectivity index (χ2n) is 4.44. The van der Waals surface area contributed by atoms with Gasteiger partial charge >= 0.3 is 0 Å². The van der Waals surface area contributed by atoms with Gasteiger partial charge in [0.25, 0.3) is 0 Å². The van der Waals surface area contributed by atoms with Crippen molar-refractivity contribution in [2.24, 2.45) is 0 Å². The van der Waals surface area contributed by atoms with Crippen LogP contribution < -0.4 is 4.90 Å². The topological polar surface area (TPSA) is 7.60 Å². The Hall–Kier alpha value is -1.49. The standard InChI is InChI=1S/C13H16N2/c1-9(2)15-6-5-11-7-10(3)8-12(14-4)13(11)15/h7-9H,5-6H2,1-3H3. The number of hydrogen-bond acceptors (Lipinski definition) is 1. The first-order valence-corrected chi connectivity index (χ1v) is 5.41. The second kappa shape index (κ2) is 3.58. The van der Waals surface area contributed by atoms with Crippen molar-refractivity contribution in [3.63, 3.8) is 0 Å². The summed E-state index contributed by atoms with van der Waals surface area (Å²) in [5.74, 6) is 0. The quantitative estimate of drug-likeness (QED) is 0.631. The van der Waals surface area contributed by atoms with E-state index in [2.05, 4.69) is 36.6 Å². The van der Waals surface area contributed by atoms with Crippen molar-refractivity contribution in [3.8, 4) is 0 Å². The Labute approximate surface area is 91.3 Å². The number of aryl methyl sites for hydroxylation is 1. The van der Waals surface area contributed by atoms with Crippen molar-refractivity contribution in [1.82, 2.24) is 0 Å². The molecule has 0 atom stereocenters. The average molecular weight is 200 g/mol. The van der Waals surface area contributed by atoms with Gasteiger partial charge in [-0.05, 0) is 32.8 Å². The molecule has 0 aliphatic carbocycles. The molecule has 78 valence electrons. The first kappa shape index (κ1) is 10.0. The van der Waals surface area contributed by atoms with E-state index >= 15 is 0 Å². The molecule has 0 fully saturated rings. The summed E-state index contributed by atoms with van der Waals surface area (Å²) in [5, 5.41) is 0. The fraction of sp³-hybridized carbons (Fsp3) is 0.462. The highest BCUT2D eigenvalue weighted by Crippen LogP contribution is 2.39. The van der Waals surface area contributed by atoms with Crippen LogP contribution in [0.5, 0.6) is 0 Å². The minimum atomic E-state index is 0.481. The van der Waals surface area contributed by atoms with E-state index in [1.807, 2.05) is 6.07 Å². The lowest BCUT2D eigenvalue weighted by Crippen LogP contribution is -2.28. The van der Waals surface area contributed by atoms with E-state index in [0.717, 1.165) is 18.7 Å². The van der Waals surface area contributed by atoms with Crippen LogP contribution in [-0.2, 0) is 6.42 Å². The summed E-state index contributed by atoms with van der Waals surface area (Å²) in [6.07, 6.45) is 1.08. The van der Waals surface area contributed by atoms with Gasteiger partial charge < -0.3 is 4.90 Å². The molecule has 1 aliphatic rings. The lowest BCUT2D eigenvalue weighted by atomic mass is 10.1. The molecule has 0 spiro atoms. The van der Waals surface area contributed by atoms with Crippen LogP contribution in [0.1, 0.15) is 25.0 Å². The Kier molecular flexibility index (Phi) is 2.40. The van der Waals surface area contributed by atoms with Crippen LogP contribution in [0.25, 0.3) is 4.85 Å². The van der Waals surface area contributed by atoms with Gasteiger partial charge in [0.2, 0.25) is 5.69 Å². The number of hydrogen-bond donors (Lipinski definition) is 0. The van der Waals surface area contributed by atoms with Gasteiger partial charge in [0, 0.05) is 18.3 Å². The van der Waals surface area contributed by atoms with E-state index in [-0.39, 0.29) is 0 Å². The zero-order chi connectivity index (χ0) is 11.0. The van der Waals surface area contributed by atoms with Gasteiger partial charge in [-0.1, -0.05) is 17.7 Å². The van der Waals surface area contributed by atoms with Crippen LogP contribution in [-0.4, -0.2) is 12.6 Å². The average Bonchev–Trinajstić information content (AvgIpc) is 2.59. The molecule has 1 aromatic rings. The highest BCUT2D eigenvalue weighted by atomic mass is 15.2. The third-order valence-corrected chi connectivity index (χ3v) is 2.97. The van der Waals surface area contributed by atoms with Gasteiger partial charge in [0.15, 0.2) is 0 Å². The Balaban J connectivity index is 2.57. The molecule has 0 radical (unpaired) electrons. The summed E-state index contributed by atoms with van der Waals surface area (Å²) < 4.78 is 0. The van der Waals surface area contributed by atoms with Crippen molar-refractivity contribution in [3.05, 3.63) is 34.7 Å². The predicted molar refractivity (Wildman–Crippen MR) is 63.6 cm³/mol. The SMILES string of the molecule is [C-]#[N+]c1cc(C)cc2c1N(C(C)C)CC2. The molecule has 0 amide bonds. The molecule has 0 bridgehead atoms. The third kappa shape index (κ3) is 1.59. The largest absolute Gasteiger partial charge is 0.377 e. The summed E-state index contributed by atoms with van der Waals surface area (Å²) in [5.41, 5.74) is 4.53. The molecular formula is C13H16N2. The third-order valence-electron chi connectivity index (χ3n) is 2.97. The molecule has 15 heavy (non-hydrogen) atoms. The fourth-order valence-electron chi connectivity index (χ4n) is 2.31. The number of nitrogens with zero attached hydrogens (tertiary/aromatic N) is 2. The van der Waals surface area contributed by atoms with E-state index in [0.29, 0.717) is 6.04 Å². The number of fused-ring (bicyclic) bond motifs is 1. The lowest BCUT2D eigenvalue weighted by Gasteiger charge is -2.25. The van der Waals surface area contributed by atoms with Crippen molar-refractivity contribution < 1.29 is 0 Å². The lowest BCUT2D eigenvalue weighted by molar-refractivity contribution is 0.711. The molecule has 1 aliphatic heterocycles. The van der Waals surface area contributed by atoms with Gasteiger partial charge in [0.1, 0.15) is 0 Å². The maximum atomic E-state index is 7.24. The molecule has 0 saturated heterocycles. The van der Waals surface area contributed by atoms with E-state index in [9.17, 15) is 0 Å². The normalized spacial score (nSPS) is 14.2. The molecule has 1 heterocycles. The smallest absolute Gasteiger partial charge is 0.210 e. The first-order valence-electron chi connectivity index (χ1n) is 5.41. The zero-order valence-corrected chi connectivity index (χ0v) is 9.54. The van der Waals surface area contributed by atoms with E-state index < -0.39 is 0 Å². The Morgan fingerprint density at radius 3 is 2.73 bits per heavy atom. The van der Waals surface area contributed by atoms with Gasteiger partial charge in [-0.25, -0.2) is 4.85 Å². The van der Waals surface area contributed by atoms with Gasteiger partial charge in [0.05, 0.1) is 6.57 Å². The van der Waals surface area contributed by atoms with Crippen LogP contribution >= 0.6 is 0 Å². The summed E-state index contributed by atoms with van der Waals surface area (Å²) in [4.78, 5) is 5.98. The van der Waals surface area contributed by atoms with Crippen LogP contribution in [0.15, 0.2) is 12.1 Å². The Morgan fingerprint density at radius 1 is 1.40 bits per heavy atom. The molecule has 2 heteroatoms. The van der Waals surface area contributed by atoms with Crippen LogP contribution in [0.2, 0.25) is 0 Å². The van der Waals surface area contributed by atoms with E-state index in [1.165, 1.54) is 16.8 Å². The van der Waals surface area contributed by atoms with Crippen LogP contribution in [0.3, 0.4) is 0 Å². The van der Waals surface area contributed by atoms with Crippen molar-refractivity contribution >= 4 is 11.4 Å². The molecule has 2 rings (SSSR count). The Morgan fingerprint density at radius 2 is 2.13 bits per heavy atom. The van der Waals surface area contributed by atoms with Crippen molar-refractivity contribution in [1.29, 1.82) is 0 Å². The fourth-order valence-corrected chi connectivity index (χ4v) is 2.31. The zero-order valence-electron chi connectivity index (χ0n) is 9.54. The summed E-state index contributed by atoms with van der Waals surface area (Å²) in [7, 11) is 0. The maximum absolute atomic E-state index is 7.24. The minimum Gasteiger partial charge on any atom is -0.377 e. The number of benzene rings is 1. The minimum absolute atomic E-state index is 0.481. The molecule has 0 aromatic heterocycles. The summed E-state index contributed by atoms with van der Waals surface area (Å²) >= 11 is 0. The Bertz CT molecular complexity index is 427. The number of rotatable bonds is 1. The van der Waals surface area contributed by atoms with Gasteiger partial charge in [-0.15, -0.1) is 0 Å². The van der Waals surface area contributed by atoms with E-state index in [4.69, 9.17) is 6.57 Å². The molecule has 0 unspecified atom stereocenters.